The van der Waals surface area contributed by atoms with Crippen LogP contribution in [0.4, 0.5) is 13.2 Å². The van der Waals surface area contributed by atoms with Gasteiger partial charge in [0.05, 0.1) is 6.04 Å². The third kappa shape index (κ3) is 5.97. The van der Waals surface area contributed by atoms with E-state index in [0.717, 1.165) is 0 Å². The van der Waals surface area contributed by atoms with Gasteiger partial charge in [-0.2, -0.15) is 21.6 Å². The van der Waals surface area contributed by atoms with Crippen LogP contribution in [-0.2, 0) is 10.1 Å². The molecule has 0 bridgehead atoms. The first-order valence-corrected chi connectivity index (χ1v) is 7.51. The SMILES string of the molecule is CSC1=NC(C)CS1.O=S(=O)(O)C(F)(F)F. The monoisotopic (exact) mass is 297 g/mol. The second-order valence-corrected chi connectivity index (χ2v) is 6.16. The molecule has 96 valence electrons. The highest BCUT2D eigenvalue weighted by atomic mass is 32.2. The maximum absolute atomic E-state index is 10.7. The molecule has 0 saturated carbocycles. The number of halogens is 3. The minimum atomic E-state index is -5.84. The van der Waals surface area contributed by atoms with Crippen LogP contribution in [0.25, 0.3) is 0 Å². The van der Waals surface area contributed by atoms with Crippen LogP contribution in [0.5, 0.6) is 0 Å². The molecular formula is C6H10F3NO3S3. The van der Waals surface area contributed by atoms with Gasteiger partial charge < -0.3 is 0 Å². The van der Waals surface area contributed by atoms with Crippen molar-refractivity contribution in [1.82, 2.24) is 0 Å². The Balaban J connectivity index is 0.000000281. The molecule has 10 heteroatoms. The summed E-state index contributed by atoms with van der Waals surface area (Å²) in [7, 11) is -5.84. The van der Waals surface area contributed by atoms with Crippen LogP contribution in [0, 0.1) is 0 Å². The van der Waals surface area contributed by atoms with Crippen LogP contribution in [0.15, 0.2) is 4.99 Å². The van der Waals surface area contributed by atoms with E-state index in [2.05, 4.69) is 18.2 Å². The highest BCUT2D eigenvalue weighted by Crippen LogP contribution is 2.23. The molecule has 0 aromatic heterocycles. The quantitative estimate of drug-likeness (QED) is 0.548. The third-order valence-electron chi connectivity index (χ3n) is 1.24. The summed E-state index contributed by atoms with van der Waals surface area (Å²) >= 11 is 3.61. The van der Waals surface area contributed by atoms with Crippen molar-refractivity contribution in [3.63, 3.8) is 0 Å². The van der Waals surface area contributed by atoms with Crippen molar-refractivity contribution in [2.24, 2.45) is 4.99 Å². The first-order chi connectivity index (χ1) is 7.08. The summed E-state index contributed by atoms with van der Waals surface area (Å²) in [6, 6.07) is 0.558. The van der Waals surface area contributed by atoms with E-state index in [1.807, 2.05) is 11.8 Å². The molecule has 0 fully saturated rings. The summed E-state index contributed by atoms with van der Waals surface area (Å²) in [5, 5.41) is 0. The Kier molecular flexibility index (Phi) is 6.15. The van der Waals surface area contributed by atoms with Gasteiger partial charge in [-0.05, 0) is 13.2 Å². The highest BCUT2D eigenvalue weighted by Gasteiger charge is 2.44. The van der Waals surface area contributed by atoms with Crippen LogP contribution in [-0.4, -0.2) is 40.9 Å². The number of hydrogen-bond acceptors (Lipinski definition) is 5. The third-order valence-corrected chi connectivity index (χ3v) is 4.14. The molecule has 0 saturated heterocycles. The van der Waals surface area contributed by atoms with E-state index in [-0.39, 0.29) is 0 Å². The van der Waals surface area contributed by atoms with Crippen molar-refractivity contribution in [1.29, 1.82) is 0 Å². The molecule has 0 radical (unpaired) electrons. The topological polar surface area (TPSA) is 66.7 Å². The zero-order valence-electron chi connectivity index (χ0n) is 8.35. The molecule has 1 unspecified atom stereocenters. The molecule has 0 aliphatic carbocycles. The van der Waals surface area contributed by atoms with E-state index in [0.29, 0.717) is 6.04 Å². The molecule has 0 aromatic rings. The molecule has 1 N–H and O–H groups in total. The summed E-state index contributed by atoms with van der Waals surface area (Å²) in [5.41, 5.74) is -5.53. The number of hydrogen-bond donors (Lipinski definition) is 1. The van der Waals surface area contributed by atoms with E-state index >= 15 is 0 Å². The largest absolute Gasteiger partial charge is 0.522 e. The van der Waals surface area contributed by atoms with Gasteiger partial charge in [0, 0.05) is 5.75 Å². The summed E-state index contributed by atoms with van der Waals surface area (Å²) < 4.78 is 58.8. The maximum Gasteiger partial charge on any atom is 0.522 e. The molecule has 0 spiro atoms. The fraction of sp³-hybridized carbons (Fsp3) is 0.833. The van der Waals surface area contributed by atoms with Gasteiger partial charge in [0.25, 0.3) is 0 Å². The zero-order chi connectivity index (χ0) is 13.0. The van der Waals surface area contributed by atoms with Gasteiger partial charge in [-0.1, -0.05) is 11.8 Å². The lowest BCUT2D eigenvalue weighted by atomic mass is 10.4. The number of alkyl halides is 3. The van der Waals surface area contributed by atoms with Gasteiger partial charge in [-0.3, -0.25) is 9.55 Å². The van der Waals surface area contributed by atoms with Gasteiger partial charge in [0.15, 0.2) is 0 Å². The molecule has 1 aliphatic heterocycles. The zero-order valence-corrected chi connectivity index (χ0v) is 10.8. The summed E-state index contributed by atoms with van der Waals surface area (Å²) in [4.78, 5) is 4.35. The normalized spacial score (nSPS) is 21.1. The summed E-state index contributed by atoms with van der Waals surface area (Å²) in [5.74, 6) is 1.18. The van der Waals surface area contributed by atoms with Crippen LogP contribution in [0.3, 0.4) is 0 Å². The number of rotatable bonds is 0. The summed E-state index contributed by atoms with van der Waals surface area (Å²) in [6.45, 7) is 2.15. The molecule has 16 heavy (non-hydrogen) atoms. The fourth-order valence-corrected chi connectivity index (χ4v) is 2.23. The van der Waals surface area contributed by atoms with Crippen molar-refractivity contribution in [2.75, 3.05) is 12.0 Å². The molecule has 1 heterocycles. The summed E-state index contributed by atoms with van der Waals surface area (Å²) in [6.07, 6.45) is 2.07. The predicted molar refractivity (Wildman–Crippen MR) is 60.5 cm³/mol. The van der Waals surface area contributed by atoms with Crippen LogP contribution in [0.1, 0.15) is 6.92 Å². The van der Waals surface area contributed by atoms with E-state index < -0.39 is 15.6 Å². The highest BCUT2D eigenvalue weighted by molar-refractivity contribution is 8.38. The van der Waals surface area contributed by atoms with Crippen LogP contribution >= 0.6 is 23.5 Å². The fourth-order valence-electron chi connectivity index (χ4n) is 0.558. The Labute approximate surface area is 99.8 Å². The van der Waals surface area contributed by atoms with Crippen molar-refractivity contribution in [2.45, 2.75) is 18.5 Å². The van der Waals surface area contributed by atoms with Crippen LogP contribution in [0.2, 0.25) is 0 Å². The van der Waals surface area contributed by atoms with Gasteiger partial charge >= 0.3 is 15.6 Å². The Morgan fingerprint density at radius 1 is 1.56 bits per heavy atom. The first-order valence-electron chi connectivity index (χ1n) is 3.86. The Bertz CT molecular complexity index is 352. The van der Waals surface area contributed by atoms with Crippen LogP contribution < -0.4 is 0 Å². The van der Waals surface area contributed by atoms with Gasteiger partial charge in [-0.25, -0.2) is 0 Å². The molecule has 4 nitrogen and oxygen atoms in total. The van der Waals surface area contributed by atoms with E-state index in [4.69, 9.17) is 13.0 Å². The maximum atomic E-state index is 10.7. The van der Waals surface area contributed by atoms with Crippen molar-refractivity contribution >= 4 is 38.0 Å². The average molecular weight is 297 g/mol. The average Bonchev–Trinajstić information content (AvgIpc) is 2.48. The second kappa shape index (κ2) is 6.12. The number of aliphatic imine (C=N–C) groups is 1. The van der Waals surface area contributed by atoms with Crippen molar-refractivity contribution in [3.05, 3.63) is 0 Å². The Morgan fingerprint density at radius 2 is 2.00 bits per heavy atom. The number of thioether (sulfide) groups is 2. The van der Waals surface area contributed by atoms with E-state index in [1.54, 1.807) is 11.8 Å². The molecular weight excluding hydrogens is 287 g/mol. The lowest BCUT2D eigenvalue weighted by Gasteiger charge is -1.97. The first kappa shape index (κ1) is 16.1. The Morgan fingerprint density at radius 3 is 2.12 bits per heavy atom. The molecule has 0 aromatic carbocycles. The molecule has 1 aliphatic rings. The van der Waals surface area contributed by atoms with Gasteiger partial charge in [0.2, 0.25) is 0 Å². The lowest BCUT2D eigenvalue weighted by molar-refractivity contribution is -0.0510. The van der Waals surface area contributed by atoms with Gasteiger partial charge in [0.1, 0.15) is 4.38 Å². The van der Waals surface area contributed by atoms with E-state index in [1.165, 1.54) is 10.1 Å². The minimum absolute atomic E-state index is 0.558. The molecule has 1 atom stereocenters. The lowest BCUT2D eigenvalue weighted by Crippen LogP contribution is -2.21. The second-order valence-electron chi connectivity index (χ2n) is 2.68. The predicted octanol–water partition coefficient (Wildman–Crippen LogP) is 2.23. The number of nitrogens with zero attached hydrogens (tertiary/aromatic N) is 1. The molecule has 1 rings (SSSR count). The van der Waals surface area contributed by atoms with Crippen molar-refractivity contribution < 1.29 is 26.1 Å². The standard InChI is InChI=1S/C5H9NS2.CHF3O3S/c1-4-3-8-5(6-4)7-2;2-1(3,4)8(5,6)7/h4H,3H2,1-2H3;(H,5,6,7). The van der Waals surface area contributed by atoms with Crippen molar-refractivity contribution in [3.8, 4) is 0 Å². The molecule has 0 amide bonds. The Hall–Kier alpha value is 0.0700. The van der Waals surface area contributed by atoms with Gasteiger partial charge in [-0.15, -0.1) is 11.8 Å². The smallest absolute Gasteiger partial charge is 0.279 e. The van der Waals surface area contributed by atoms with E-state index in [9.17, 15) is 13.2 Å². The minimum Gasteiger partial charge on any atom is -0.279 e.